The summed E-state index contributed by atoms with van der Waals surface area (Å²) in [5.74, 6) is 0.674. The van der Waals surface area contributed by atoms with E-state index in [4.69, 9.17) is 4.98 Å². The van der Waals surface area contributed by atoms with Gasteiger partial charge in [-0.05, 0) is 43.7 Å². The fraction of sp³-hybridized carbons (Fsp3) is 0.0909. The van der Waals surface area contributed by atoms with E-state index >= 15 is 0 Å². The van der Waals surface area contributed by atoms with E-state index in [-0.39, 0.29) is 5.56 Å². The van der Waals surface area contributed by atoms with Crippen LogP contribution in [0.4, 0.5) is 0 Å². The molecule has 122 valence electrons. The first-order chi connectivity index (χ1) is 12.1. The molecule has 0 atom stereocenters. The minimum atomic E-state index is -0.0493. The van der Waals surface area contributed by atoms with Gasteiger partial charge in [0.1, 0.15) is 5.82 Å². The third-order valence-corrected chi connectivity index (χ3v) is 4.41. The molecule has 3 nitrogen and oxygen atoms in total. The molecule has 0 saturated carbocycles. The second kappa shape index (κ2) is 6.02. The maximum Gasteiger partial charge on any atom is 0.266 e. The molecule has 0 spiro atoms. The summed E-state index contributed by atoms with van der Waals surface area (Å²) in [6, 6.07) is 23.4. The average Bonchev–Trinajstić information content (AvgIpc) is 2.62. The molecule has 0 fully saturated rings. The number of hydrogen-bond acceptors (Lipinski definition) is 2. The summed E-state index contributed by atoms with van der Waals surface area (Å²) in [5, 5.41) is 0.625. The number of aromatic nitrogens is 2. The van der Waals surface area contributed by atoms with Gasteiger partial charge in [0.2, 0.25) is 0 Å². The van der Waals surface area contributed by atoms with Crippen molar-refractivity contribution in [2.75, 3.05) is 0 Å². The Morgan fingerprint density at radius 2 is 1.56 bits per heavy atom. The van der Waals surface area contributed by atoms with Gasteiger partial charge in [0.05, 0.1) is 16.6 Å². The number of fused-ring (bicyclic) bond motifs is 1. The predicted octanol–water partition coefficient (Wildman–Crippen LogP) is 4.67. The minimum Gasteiger partial charge on any atom is -0.268 e. The molecule has 4 aromatic rings. The van der Waals surface area contributed by atoms with E-state index in [0.29, 0.717) is 11.2 Å². The van der Waals surface area contributed by atoms with Crippen molar-refractivity contribution in [1.82, 2.24) is 9.55 Å². The Labute approximate surface area is 146 Å². The van der Waals surface area contributed by atoms with Gasteiger partial charge in [-0.15, -0.1) is 0 Å². The zero-order valence-corrected chi connectivity index (χ0v) is 14.2. The molecule has 0 aliphatic rings. The number of nitrogens with zero attached hydrogens (tertiary/aromatic N) is 2. The Morgan fingerprint density at radius 3 is 2.32 bits per heavy atom. The van der Waals surface area contributed by atoms with Crippen LogP contribution in [0.1, 0.15) is 11.1 Å². The quantitative estimate of drug-likeness (QED) is 0.536. The monoisotopic (exact) mass is 326 g/mol. The van der Waals surface area contributed by atoms with Crippen LogP contribution in [0.25, 0.3) is 28.0 Å². The van der Waals surface area contributed by atoms with Crippen LogP contribution in [-0.2, 0) is 0 Å². The van der Waals surface area contributed by atoms with Crippen molar-refractivity contribution in [3.63, 3.8) is 0 Å². The molecule has 4 rings (SSSR count). The molecule has 0 bridgehead atoms. The van der Waals surface area contributed by atoms with Crippen LogP contribution >= 0.6 is 0 Å². The van der Waals surface area contributed by atoms with Crippen LogP contribution in [0.15, 0.2) is 77.6 Å². The Kier molecular flexibility index (Phi) is 3.69. The first-order valence-electron chi connectivity index (χ1n) is 8.30. The number of para-hydroxylation sites is 2. The Hall–Kier alpha value is -3.20. The second-order valence-corrected chi connectivity index (χ2v) is 6.25. The molecule has 0 radical (unpaired) electrons. The summed E-state index contributed by atoms with van der Waals surface area (Å²) in [7, 11) is 0. The van der Waals surface area contributed by atoms with Gasteiger partial charge >= 0.3 is 0 Å². The molecule has 0 N–H and O–H groups in total. The summed E-state index contributed by atoms with van der Waals surface area (Å²) in [6.45, 7) is 4.12. The van der Waals surface area contributed by atoms with E-state index in [9.17, 15) is 4.79 Å². The summed E-state index contributed by atoms with van der Waals surface area (Å²) in [4.78, 5) is 18.1. The molecule has 3 heteroatoms. The van der Waals surface area contributed by atoms with E-state index in [2.05, 4.69) is 26.0 Å². The van der Waals surface area contributed by atoms with Crippen molar-refractivity contribution in [3.05, 3.63) is 94.3 Å². The predicted molar refractivity (Wildman–Crippen MR) is 102 cm³/mol. The van der Waals surface area contributed by atoms with Crippen LogP contribution in [-0.4, -0.2) is 9.55 Å². The number of rotatable bonds is 2. The highest BCUT2D eigenvalue weighted by Gasteiger charge is 2.15. The molecule has 0 aliphatic heterocycles. The van der Waals surface area contributed by atoms with Crippen LogP contribution in [0.2, 0.25) is 0 Å². The third-order valence-electron chi connectivity index (χ3n) is 4.41. The van der Waals surface area contributed by atoms with Gasteiger partial charge in [0.15, 0.2) is 0 Å². The van der Waals surface area contributed by atoms with Crippen molar-refractivity contribution >= 4 is 10.9 Å². The van der Waals surface area contributed by atoms with Crippen molar-refractivity contribution in [2.45, 2.75) is 13.8 Å². The Bertz CT molecular complexity index is 1130. The van der Waals surface area contributed by atoms with E-state index in [1.807, 2.05) is 60.7 Å². The van der Waals surface area contributed by atoms with Gasteiger partial charge in [-0.25, -0.2) is 4.98 Å². The lowest BCUT2D eigenvalue weighted by Crippen LogP contribution is -2.22. The molecule has 0 saturated heterocycles. The van der Waals surface area contributed by atoms with Crippen molar-refractivity contribution < 1.29 is 0 Å². The number of hydrogen-bond donors (Lipinski definition) is 0. The largest absolute Gasteiger partial charge is 0.268 e. The highest BCUT2D eigenvalue weighted by atomic mass is 16.1. The SMILES string of the molecule is Cc1ccc(-c2nc3ccccc3c(=O)n2-c2ccccc2)c(C)c1. The van der Waals surface area contributed by atoms with Gasteiger partial charge in [-0.2, -0.15) is 0 Å². The lowest BCUT2D eigenvalue weighted by molar-refractivity contribution is 0.973. The van der Waals surface area contributed by atoms with Gasteiger partial charge in [-0.1, -0.05) is 54.1 Å². The van der Waals surface area contributed by atoms with Crippen LogP contribution in [0.3, 0.4) is 0 Å². The first-order valence-corrected chi connectivity index (χ1v) is 8.30. The van der Waals surface area contributed by atoms with Crippen molar-refractivity contribution in [3.8, 4) is 17.1 Å². The lowest BCUT2D eigenvalue weighted by atomic mass is 10.0. The molecular weight excluding hydrogens is 308 g/mol. The first kappa shape index (κ1) is 15.3. The Morgan fingerprint density at radius 1 is 0.840 bits per heavy atom. The minimum absolute atomic E-state index is 0.0493. The molecule has 0 aliphatic carbocycles. The van der Waals surface area contributed by atoms with Gasteiger partial charge in [0, 0.05) is 5.56 Å². The van der Waals surface area contributed by atoms with Gasteiger partial charge in [0.25, 0.3) is 5.56 Å². The Balaban J connectivity index is 2.14. The summed E-state index contributed by atoms with van der Waals surface area (Å²) in [5.41, 5.74) is 4.75. The molecular formula is C22H18N2O. The highest BCUT2D eigenvalue weighted by molar-refractivity contribution is 5.81. The molecule has 0 unspecified atom stereocenters. The topological polar surface area (TPSA) is 34.9 Å². The van der Waals surface area contributed by atoms with Gasteiger partial charge < -0.3 is 0 Å². The van der Waals surface area contributed by atoms with Crippen LogP contribution < -0.4 is 5.56 Å². The van der Waals surface area contributed by atoms with E-state index < -0.39 is 0 Å². The van der Waals surface area contributed by atoms with Crippen LogP contribution in [0, 0.1) is 13.8 Å². The lowest BCUT2D eigenvalue weighted by Gasteiger charge is -2.15. The zero-order valence-electron chi connectivity index (χ0n) is 14.2. The normalized spacial score (nSPS) is 11.0. The summed E-state index contributed by atoms with van der Waals surface area (Å²) >= 11 is 0. The molecule has 0 amide bonds. The summed E-state index contributed by atoms with van der Waals surface area (Å²) < 4.78 is 1.71. The summed E-state index contributed by atoms with van der Waals surface area (Å²) in [6.07, 6.45) is 0. The third kappa shape index (κ3) is 2.64. The number of aryl methyl sites for hydroxylation is 2. The average molecular weight is 326 g/mol. The van der Waals surface area contributed by atoms with Crippen molar-refractivity contribution in [1.29, 1.82) is 0 Å². The van der Waals surface area contributed by atoms with E-state index in [1.54, 1.807) is 4.57 Å². The van der Waals surface area contributed by atoms with Crippen LogP contribution in [0.5, 0.6) is 0 Å². The van der Waals surface area contributed by atoms with Crippen molar-refractivity contribution in [2.24, 2.45) is 0 Å². The molecule has 1 aromatic heterocycles. The zero-order chi connectivity index (χ0) is 17.4. The molecule has 1 heterocycles. The molecule has 25 heavy (non-hydrogen) atoms. The second-order valence-electron chi connectivity index (χ2n) is 6.25. The fourth-order valence-electron chi connectivity index (χ4n) is 3.19. The van der Waals surface area contributed by atoms with E-state index in [0.717, 1.165) is 22.3 Å². The fourth-order valence-corrected chi connectivity index (χ4v) is 3.19. The maximum atomic E-state index is 13.2. The van der Waals surface area contributed by atoms with Gasteiger partial charge in [-0.3, -0.25) is 9.36 Å². The molecule has 3 aromatic carbocycles. The van der Waals surface area contributed by atoms with E-state index in [1.165, 1.54) is 5.56 Å². The smallest absolute Gasteiger partial charge is 0.266 e. The number of benzene rings is 3. The maximum absolute atomic E-state index is 13.2. The standard InChI is InChI=1S/C22H18N2O/c1-15-12-13-18(16(2)14-15)21-23-20-11-7-6-10-19(20)22(25)24(21)17-8-4-3-5-9-17/h3-14H,1-2H3. The highest BCUT2D eigenvalue weighted by Crippen LogP contribution is 2.25.